The van der Waals surface area contributed by atoms with Gasteiger partial charge >= 0.3 is 0 Å². The van der Waals surface area contributed by atoms with E-state index in [1.54, 1.807) is 6.07 Å². The van der Waals surface area contributed by atoms with Crippen LogP contribution in [-0.4, -0.2) is 9.97 Å². The zero-order valence-corrected chi connectivity index (χ0v) is 11.9. The lowest BCUT2D eigenvalue weighted by Crippen LogP contribution is -2.09. The highest BCUT2D eigenvalue weighted by Crippen LogP contribution is 2.19. The Bertz CT molecular complexity index is 1030. The molecule has 0 radical (unpaired) electrons. The summed E-state index contributed by atoms with van der Waals surface area (Å²) >= 11 is 0. The molecule has 2 heterocycles. The molecule has 2 aromatic heterocycles. The van der Waals surface area contributed by atoms with E-state index in [0.717, 1.165) is 33.1 Å². The standard InChI is InChI=1S/C19H14N2O/c22-19-11-14-6-1-3-7-16(14)18(21-19)12-15-10-9-13-5-2-4-8-17(13)20-15/h1-11H,12H2,(H,21,22). The third-order valence-electron chi connectivity index (χ3n) is 3.86. The first kappa shape index (κ1) is 12.8. The molecule has 0 spiro atoms. The number of hydrogen-bond donors (Lipinski definition) is 1. The smallest absolute Gasteiger partial charge is 0.248 e. The number of nitrogens with one attached hydrogen (secondary N) is 1. The van der Waals surface area contributed by atoms with Crippen LogP contribution in [0.2, 0.25) is 0 Å². The van der Waals surface area contributed by atoms with Gasteiger partial charge in [0.25, 0.3) is 0 Å². The van der Waals surface area contributed by atoms with Gasteiger partial charge in [-0.3, -0.25) is 9.78 Å². The monoisotopic (exact) mass is 286 g/mol. The summed E-state index contributed by atoms with van der Waals surface area (Å²) in [5.41, 5.74) is 2.76. The molecule has 0 atom stereocenters. The highest BCUT2D eigenvalue weighted by molar-refractivity contribution is 5.84. The van der Waals surface area contributed by atoms with Gasteiger partial charge < -0.3 is 4.98 Å². The highest BCUT2D eigenvalue weighted by Gasteiger charge is 2.06. The minimum atomic E-state index is -0.0745. The molecule has 0 amide bonds. The summed E-state index contributed by atoms with van der Waals surface area (Å²) in [4.78, 5) is 19.5. The van der Waals surface area contributed by atoms with Crippen LogP contribution < -0.4 is 5.56 Å². The molecule has 0 saturated heterocycles. The van der Waals surface area contributed by atoms with Crippen molar-refractivity contribution in [1.82, 2.24) is 9.97 Å². The molecule has 0 aliphatic carbocycles. The van der Waals surface area contributed by atoms with Gasteiger partial charge in [0, 0.05) is 34.6 Å². The van der Waals surface area contributed by atoms with Crippen molar-refractivity contribution < 1.29 is 0 Å². The van der Waals surface area contributed by atoms with Gasteiger partial charge in [0.1, 0.15) is 0 Å². The van der Waals surface area contributed by atoms with Crippen molar-refractivity contribution in [2.75, 3.05) is 0 Å². The van der Waals surface area contributed by atoms with E-state index in [1.165, 1.54) is 0 Å². The minimum absolute atomic E-state index is 0.0745. The number of rotatable bonds is 2. The fraction of sp³-hybridized carbons (Fsp3) is 0.0526. The second kappa shape index (κ2) is 5.11. The Morgan fingerprint density at radius 1 is 0.864 bits per heavy atom. The topological polar surface area (TPSA) is 45.8 Å². The Balaban J connectivity index is 1.83. The Labute approximate surface area is 127 Å². The molecule has 1 N–H and O–H groups in total. The van der Waals surface area contributed by atoms with Gasteiger partial charge in [-0.1, -0.05) is 48.5 Å². The quantitative estimate of drug-likeness (QED) is 0.611. The fourth-order valence-electron chi connectivity index (χ4n) is 2.82. The number of nitrogens with zero attached hydrogens (tertiary/aromatic N) is 1. The van der Waals surface area contributed by atoms with E-state index in [-0.39, 0.29) is 5.56 Å². The third-order valence-corrected chi connectivity index (χ3v) is 3.86. The average Bonchev–Trinajstić information content (AvgIpc) is 2.54. The molecule has 0 saturated carbocycles. The molecule has 2 aromatic carbocycles. The zero-order valence-electron chi connectivity index (χ0n) is 11.9. The van der Waals surface area contributed by atoms with E-state index in [0.29, 0.717) is 6.42 Å². The summed E-state index contributed by atoms with van der Waals surface area (Å²) in [7, 11) is 0. The van der Waals surface area contributed by atoms with Crippen LogP contribution in [0.1, 0.15) is 11.4 Å². The minimum Gasteiger partial charge on any atom is -0.325 e. The molecule has 0 aliphatic rings. The molecular formula is C19H14N2O. The summed E-state index contributed by atoms with van der Waals surface area (Å²) in [5.74, 6) is 0. The first-order valence-electron chi connectivity index (χ1n) is 7.25. The van der Waals surface area contributed by atoms with E-state index in [4.69, 9.17) is 0 Å². The van der Waals surface area contributed by atoms with Crippen LogP contribution in [0.5, 0.6) is 0 Å². The van der Waals surface area contributed by atoms with Crippen LogP contribution in [0.15, 0.2) is 71.5 Å². The van der Waals surface area contributed by atoms with E-state index in [9.17, 15) is 4.79 Å². The van der Waals surface area contributed by atoms with Crippen molar-refractivity contribution in [2.45, 2.75) is 6.42 Å². The van der Waals surface area contributed by atoms with Crippen molar-refractivity contribution in [1.29, 1.82) is 0 Å². The maximum absolute atomic E-state index is 11.8. The van der Waals surface area contributed by atoms with Crippen molar-refractivity contribution in [3.63, 3.8) is 0 Å². The van der Waals surface area contributed by atoms with Crippen LogP contribution in [0, 0.1) is 0 Å². The van der Waals surface area contributed by atoms with E-state index < -0.39 is 0 Å². The molecule has 4 aromatic rings. The first-order chi connectivity index (χ1) is 10.8. The number of aromatic amines is 1. The summed E-state index contributed by atoms with van der Waals surface area (Å²) in [6, 6.07) is 21.7. The second-order valence-electron chi connectivity index (χ2n) is 5.37. The molecule has 0 unspecified atom stereocenters. The lowest BCUT2D eigenvalue weighted by atomic mass is 10.1. The molecule has 0 bridgehead atoms. The SMILES string of the molecule is O=c1cc2ccccc2c(Cc2ccc3ccccc3n2)[nH]1. The zero-order chi connectivity index (χ0) is 14.9. The van der Waals surface area contributed by atoms with Gasteiger partial charge in [-0.15, -0.1) is 0 Å². The van der Waals surface area contributed by atoms with Gasteiger partial charge in [-0.2, -0.15) is 0 Å². The Morgan fingerprint density at radius 2 is 1.64 bits per heavy atom. The first-order valence-corrected chi connectivity index (χ1v) is 7.25. The normalized spacial score (nSPS) is 11.1. The van der Waals surface area contributed by atoms with Crippen LogP contribution >= 0.6 is 0 Å². The molecule has 3 heteroatoms. The predicted octanol–water partition coefficient (Wildman–Crippen LogP) is 3.67. The van der Waals surface area contributed by atoms with E-state index in [1.807, 2.05) is 54.6 Å². The largest absolute Gasteiger partial charge is 0.325 e. The molecule has 22 heavy (non-hydrogen) atoms. The Hall–Kier alpha value is -2.94. The van der Waals surface area contributed by atoms with Gasteiger partial charge in [0.15, 0.2) is 0 Å². The summed E-state index contributed by atoms with van der Waals surface area (Å²) in [6.07, 6.45) is 0.613. The highest BCUT2D eigenvalue weighted by atomic mass is 16.1. The van der Waals surface area contributed by atoms with Crippen molar-refractivity contribution in [3.8, 4) is 0 Å². The lowest BCUT2D eigenvalue weighted by Gasteiger charge is -2.07. The summed E-state index contributed by atoms with van der Waals surface area (Å²) in [5, 5.41) is 3.15. The maximum atomic E-state index is 11.8. The van der Waals surface area contributed by atoms with Crippen LogP contribution in [0.3, 0.4) is 0 Å². The van der Waals surface area contributed by atoms with Gasteiger partial charge in [-0.05, 0) is 17.5 Å². The van der Waals surface area contributed by atoms with Crippen molar-refractivity contribution in [2.24, 2.45) is 0 Å². The lowest BCUT2D eigenvalue weighted by molar-refractivity contribution is 1.03. The average molecular weight is 286 g/mol. The van der Waals surface area contributed by atoms with Gasteiger partial charge in [-0.25, -0.2) is 0 Å². The molecule has 0 aliphatic heterocycles. The van der Waals surface area contributed by atoms with Crippen LogP contribution in [0.25, 0.3) is 21.7 Å². The summed E-state index contributed by atoms with van der Waals surface area (Å²) in [6.45, 7) is 0. The second-order valence-corrected chi connectivity index (χ2v) is 5.37. The van der Waals surface area contributed by atoms with E-state index >= 15 is 0 Å². The molecule has 4 rings (SSSR count). The maximum Gasteiger partial charge on any atom is 0.248 e. The molecule has 3 nitrogen and oxygen atoms in total. The number of benzene rings is 2. The number of aromatic nitrogens is 2. The van der Waals surface area contributed by atoms with Crippen molar-refractivity contribution in [3.05, 3.63) is 88.5 Å². The van der Waals surface area contributed by atoms with Crippen LogP contribution in [0.4, 0.5) is 0 Å². The third kappa shape index (κ3) is 2.27. The number of para-hydroxylation sites is 1. The predicted molar refractivity (Wildman–Crippen MR) is 89.1 cm³/mol. The summed E-state index contributed by atoms with van der Waals surface area (Å²) < 4.78 is 0. The number of hydrogen-bond acceptors (Lipinski definition) is 2. The van der Waals surface area contributed by atoms with E-state index in [2.05, 4.69) is 16.0 Å². The Kier molecular flexibility index (Phi) is 2.97. The van der Waals surface area contributed by atoms with Gasteiger partial charge in [0.05, 0.1) is 5.52 Å². The number of fused-ring (bicyclic) bond motifs is 2. The van der Waals surface area contributed by atoms with Gasteiger partial charge in [0.2, 0.25) is 5.56 Å². The van der Waals surface area contributed by atoms with Crippen LogP contribution in [-0.2, 0) is 6.42 Å². The van der Waals surface area contributed by atoms with Crippen molar-refractivity contribution >= 4 is 21.7 Å². The molecule has 0 fully saturated rings. The Morgan fingerprint density at radius 3 is 2.55 bits per heavy atom. The molecule has 106 valence electrons. The molecular weight excluding hydrogens is 272 g/mol. The number of pyridine rings is 2. The number of H-pyrrole nitrogens is 1. The fourth-order valence-corrected chi connectivity index (χ4v) is 2.82.